The van der Waals surface area contributed by atoms with E-state index in [1.54, 1.807) is 12.1 Å². The SMILES string of the molecule is CNCC=Cc1ccc([N+](=O)[O-])cc1. The first-order chi connectivity index (χ1) is 6.74. The van der Waals surface area contributed by atoms with E-state index in [1.165, 1.54) is 12.1 Å². The molecule has 0 aliphatic carbocycles. The molecular formula is C10H12N2O2. The quantitative estimate of drug-likeness (QED) is 0.584. The van der Waals surface area contributed by atoms with Crippen molar-refractivity contribution >= 4 is 11.8 Å². The summed E-state index contributed by atoms with van der Waals surface area (Å²) in [6.45, 7) is 0.789. The molecule has 0 unspecified atom stereocenters. The lowest BCUT2D eigenvalue weighted by Crippen LogP contribution is -2.03. The van der Waals surface area contributed by atoms with E-state index < -0.39 is 4.92 Å². The topological polar surface area (TPSA) is 55.2 Å². The van der Waals surface area contributed by atoms with Gasteiger partial charge < -0.3 is 5.32 Å². The summed E-state index contributed by atoms with van der Waals surface area (Å²) in [5.74, 6) is 0. The summed E-state index contributed by atoms with van der Waals surface area (Å²) in [7, 11) is 1.86. The third-order valence-corrected chi connectivity index (χ3v) is 1.74. The lowest BCUT2D eigenvalue weighted by atomic mass is 10.2. The van der Waals surface area contributed by atoms with Gasteiger partial charge >= 0.3 is 0 Å². The number of hydrogen-bond acceptors (Lipinski definition) is 3. The molecule has 0 fully saturated rings. The number of benzene rings is 1. The number of likely N-dealkylation sites (N-methyl/N-ethyl adjacent to an activating group) is 1. The molecule has 74 valence electrons. The second kappa shape index (κ2) is 5.14. The van der Waals surface area contributed by atoms with Crippen molar-refractivity contribution in [3.05, 3.63) is 46.0 Å². The highest BCUT2D eigenvalue weighted by Crippen LogP contribution is 2.12. The molecule has 14 heavy (non-hydrogen) atoms. The summed E-state index contributed by atoms with van der Waals surface area (Å²) in [4.78, 5) is 9.95. The fourth-order valence-electron chi connectivity index (χ4n) is 1.02. The zero-order valence-corrected chi connectivity index (χ0v) is 7.93. The van der Waals surface area contributed by atoms with Crippen LogP contribution in [0.15, 0.2) is 30.3 Å². The largest absolute Gasteiger partial charge is 0.316 e. The molecule has 0 aliphatic rings. The van der Waals surface area contributed by atoms with Crippen LogP contribution in [0.25, 0.3) is 6.08 Å². The van der Waals surface area contributed by atoms with Crippen LogP contribution in [0.2, 0.25) is 0 Å². The Kier molecular flexibility index (Phi) is 3.82. The summed E-state index contributed by atoms with van der Waals surface area (Å²) < 4.78 is 0. The van der Waals surface area contributed by atoms with E-state index in [-0.39, 0.29) is 5.69 Å². The molecule has 0 heterocycles. The second-order valence-corrected chi connectivity index (χ2v) is 2.81. The van der Waals surface area contributed by atoms with Crippen molar-refractivity contribution in [2.75, 3.05) is 13.6 Å². The third-order valence-electron chi connectivity index (χ3n) is 1.74. The highest BCUT2D eigenvalue weighted by atomic mass is 16.6. The lowest BCUT2D eigenvalue weighted by molar-refractivity contribution is -0.384. The molecule has 0 saturated heterocycles. The van der Waals surface area contributed by atoms with Gasteiger partial charge in [-0.05, 0) is 24.7 Å². The number of nitro benzene ring substituents is 1. The molecule has 0 atom stereocenters. The van der Waals surface area contributed by atoms with Crippen molar-refractivity contribution in [2.45, 2.75) is 0 Å². The summed E-state index contributed by atoms with van der Waals surface area (Å²) >= 11 is 0. The van der Waals surface area contributed by atoms with E-state index in [4.69, 9.17) is 0 Å². The summed E-state index contributed by atoms with van der Waals surface area (Å²) in [6, 6.07) is 6.45. The number of nitro groups is 1. The van der Waals surface area contributed by atoms with Gasteiger partial charge in [0.25, 0.3) is 5.69 Å². The number of non-ortho nitro benzene ring substituents is 1. The molecule has 0 aliphatic heterocycles. The lowest BCUT2D eigenvalue weighted by Gasteiger charge is -1.93. The maximum Gasteiger partial charge on any atom is 0.269 e. The molecule has 0 amide bonds. The normalized spacial score (nSPS) is 10.6. The predicted molar refractivity (Wildman–Crippen MR) is 56.1 cm³/mol. The minimum absolute atomic E-state index is 0.121. The van der Waals surface area contributed by atoms with Gasteiger partial charge in [-0.1, -0.05) is 12.2 Å². The van der Waals surface area contributed by atoms with Gasteiger partial charge in [0.1, 0.15) is 0 Å². The van der Waals surface area contributed by atoms with Gasteiger partial charge in [0.15, 0.2) is 0 Å². The number of hydrogen-bond donors (Lipinski definition) is 1. The molecule has 0 aromatic heterocycles. The zero-order chi connectivity index (χ0) is 10.4. The summed E-state index contributed by atoms with van der Waals surface area (Å²) in [5.41, 5.74) is 1.08. The minimum Gasteiger partial charge on any atom is -0.316 e. The van der Waals surface area contributed by atoms with Gasteiger partial charge in [0.2, 0.25) is 0 Å². The highest BCUT2D eigenvalue weighted by molar-refractivity contribution is 5.51. The molecule has 0 spiro atoms. The van der Waals surface area contributed by atoms with Crippen molar-refractivity contribution in [3.8, 4) is 0 Å². The first-order valence-electron chi connectivity index (χ1n) is 4.29. The third kappa shape index (κ3) is 2.99. The van der Waals surface area contributed by atoms with Crippen LogP contribution in [-0.4, -0.2) is 18.5 Å². The predicted octanol–water partition coefficient (Wildman–Crippen LogP) is 1.83. The van der Waals surface area contributed by atoms with Crippen molar-refractivity contribution < 1.29 is 4.92 Å². The van der Waals surface area contributed by atoms with Gasteiger partial charge in [-0.15, -0.1) is 0 Å². The monoisotopic (exact) mass is 192 g/mol. The Balaban J connectivity index is 2.68. The van der Waals surface area contributed by atoms with E-state index in [2.05, 4.69) is 5.32 Å². The Hall–Kier alpha value is -1.68. The molecule has 4 heteroatoms. The molecular weight excluding hydrogens is 180 g/mol. The van der Waals surface area contributed by atoms with Crippen LogP contribution in [0.1, 0.15) is 5.56 Å². The highest BCUT2D eigenvalue weighted by Gasteiger charge is 2.01. The van der Waals surface area contributed by atoms with Crippen LogP contribution in [-0.2, 0) is 0 Å². The molecule has 0 bridgehead atoms. The van der Waals surface area contributed by atoms with Crippen molar-refractivity contribution in [1.29, 1.82) is 0 Å². The molecule has 1 N–H and O–H groups in total. The van der Waals surface area contributed by atoms with Crippen LogP contribution in [0.4, 0.5) is 5.69 Å². The van der Waals surface area contributed by atoms with Crippen LogP contribution < -0.4 is 5.32 Å². The fraction of sp³-hybridized carbons (Fsp3) is 0.200. The maximum atomic E-state index is 10.4. The fourth-order valence-corrected chi connectivity index (χ4v) is 1.02. The van der Waals surface area contributed by atoms with Crippen molar-refractivity contribution in [2.24, 2.45) is 0 Å². The van der Waals surface area contributed by atoms with Crippen LogP contribution in [0, 0.1) is 10.1 Å². The van der Waals surface area contributed by atoms with E-state index in [1.807, 2.05) is 19.2 Å². The standard InChI is InChI=1S/C10H12N2O2/c1-11-8-2-3-9-4-6-10(7-5-9)12(13)14/h2-7,11H,8H2,1H3. The summed E-state index contributed by atoms with van der Waals surface area (Å²) in [6.07, 6.45) is 3.88. The number of rotatable bonds is 4. The molecule has 1 aromatic carbocycles. The minimum atomic E-state index is -0.402. The Labute approximate surface area is 82.4 Å². The number of nitrogens with one attached hydrogen (secondary N) is 1. The first kappa shape index (κ1) is 10.4. The molecule has 1 aromatic rings. The van der Waals surface area contributed by atoms with Crippen LogP contribution in [0.3, 0.4) is 0 Å². The smallest absolute Gasteiger partial charge is 0.269 e. The van der Waals surface area contributed by atoms with E-state index >= 15 is 0 Å². The second-order valence-electron chi connectivity index (χ2n) is 2.81. The van der Waals surface area contributed by atoms with E-state index in [0.29, 0.717) is 0 Å². The van der Waals surface area contributed by atoms with Crippen LogP contribution >= 0.6 is 0 Å². The van der Waals surface area contributed by atoms with Gasteiger partial charge in [0.05, 0.1) is 4.92 Å². The first-order valence-corrected chi connectivity index (χ1v) is 4.29. The molecule has 4 nitrogen and oxygen atoms in total. The van der Waals surface area contributed by atoms with Gasteiger partial charge in [0, 0.05) is 18.7 Å². The molecule has 0 radical (unpaired) electrons. The average Bonchev–Trinajstić information content (AvgIpc) is 2.19. The van der Waals surface area contributed by atoms with Gasteiger partial charge in [-0.3, -0.25) is 10.1 Å². The Morgan fingerprint density at radius 3 is 2.57 bits per heavy atom. The molecule has 1 rings (SSSR count). The maximum absolute atomic E-state index is 10.4. The van der Waals surface area contributed by atoms with E-state index in [9.17, 15) is 10.1 Å². The van der Waals surface area contributed by atoms with E-state index in [0.717, 1.165) is 12.1 Å². The van der Waals surface area contributed by atoms with Gasteiger partial charge in [-0.25, -0.2) is 0 Å². The summed E-state index contributed by atoms with van der Waals surface area (Å²) in [5, 5.41) is 13.3. The average molecular weight is 192 g/mol. The Morgan fingerprint density at radius 2 is 2.07 bits per heavy atom. The van der Waals surface area contributed by atoms with Crippen LogP contribution in [0.5, 0.6) is 0 Å². The molecule has 0 saturated carbocycles. The van der Waals surface area contributed by atoms with Crippen molar-refractivity contribution in [3.63, 3.8) is 0 Å². The van der Waals surface area contributed by atoms with Gasteiger partial charge in [-0.2, -0.15) is 0 Å². The van der Waals surface area contributed by atoms with Crippen molar-refractivity contribution in [1.82, 2.24) is 5.32 Å². The Bertz CT molecular complexity index is 330. The number of nitrogens with zero attached hydrogens (tertiary/aromatic N) is 1. The zero-order valence-electron chi connectivity index (χ0n) is 7.93. The Morgan fingerprint density at radius 1 is 1.43 bits per heavy atom.